The van der Waals surface area contributed by atoms with Crippen LogP contribution in [0.25, 0.3) is 10.8 Å². The van der Waals surface area contributed by atoms with E-state index in [0.717, 1.165) is 16.3 Å². The van der Waals surface area contributed by atoms with Gasteiger partial charge >= 0.3 is 0 Å². The van der Waals surface area contributed by atoms with E-state index in [1.54, 1.807) is 0 Å². The largest absolute Gasteiger partial charge is 0.287 e. The van der Waals surface area contributed by atoms with E-state index in [0.29, 0.717) is 6.54 Å². The van der Waals surface area contributed by atoms with E-state index in [1.807, 2.05) is 77.6 Å². The average molecular weight is 548 g/mol. The first kappa shape index (κ1) is 28.8. The summed E-state index contributed by atoms with van der Waals surface area (Å²) < 4.78 is 1.89. The Morgan fingerprint density at radius 1 is 0.571 bits per heavy atom. The Bertz CT molecular complexity index is 1580. The van der Waals surface area contributed by atoms with Crippen molar-refractivity contribution in [3.8, 4) is 0 Å². The molecule has 0 saturated carbocycles. The third-order valence-corrected chi connectivity index (χ3v) is 8.29. The number of unbranched alkanes of at least 4 members (excludes halogenated alkanes) is 1. The molecule has 3 heteroatoms. The van der Waals surface area contributed by atoms with Crippen molar-refractivity contribution in [2.75, 3.05) is 0 Å². The van der Waals surface area contributed by atoms with Crippen molar-refractivity contribution in [3.05, 3.63) is 170 Å². The Morgan fingerprint density at radius 3 is 1.60 bits per heavy atom. The van der Waals surface area contributed by atoms with E-state index in [4.69, 9.17) is 0 Å². The van der Waals surface area contributed by atoms with Crippen LogP contribution in [0.3, 0.4) is 0 Å². The van der Waals surface area contributed by atoms with Crippen LogP contribution in [-0.4, -0.2) is 11.9 Å². The van der Waals surface area contributed by atoms with Gasteiger partial charge in [-0.25, -0.2) is 0 Å². The van der Waals surface area contributed by atoms with Gasteiger partial charge in [0.25, 0.3) is 0 Å². The first-order valence-corrected chi connectivity index (χ1v) is 15.0. The van der Waals surface area contributed by atoms with Gasteiger partial charge in [-0.05, 0) is 10.8 Å². The van der Waals surface area contributed by atoms with E-state index in [-0.39, 0.29) is 5.78 Å². The lowest BCUT2D eigenvalue weighted by Gasteiger charge is -2.43. The highest BCUT2D eigenvalue weighted by molar-refractivity contribution is 7.11. The summed E-state index contributed by atoms with van der Waals surface area (Å²) in [6, 6.07) is 52.8. The molecule has 0 aliphatic carbocycles. The molecule has 42 heavy (non-hydrogen) atoms. The zero-order valence-electron chi connectivity index (χ0n) is 24.3. The van der Waals surface area contributed by atoms with Gasteiger partial charge in [-0.3, -0.25) is 4.79 Å². The van der Waals surface area contributed by atoms with E-state index in [2.05, 4.69) is 97.9 Å². The summed E-state index contributed by atoms with van der Waals surface area (Å²) in [7, 11) is 0. The lowest BCUT2D eigenvalue weighted by molar-refractivity contribution is -0.683. The van der Waals surface area contributed by atoms with E-state index >= 15 is 0 Å². The minimum atomic E-state index is -0.913. The Balaban J connectivity index is 0.000000171. The predicted octanol–water partition coefficient (Wildman–Crippen LogP) is 6.97. The van der Waals surface area contributed by atoms with Crippen LogP contribution in [-0.2, 0) is 6.54 Å². The van der Waals surface area contributed by atoms with Gasteiger partial charge in [0.15, 0.2) is 12.4 Å². The van der Waals surface area contributed by atoms with Gasteiger partial charge in [0.2, 0.25) is 12.3 Å². The summed E-state index contributed by atoms with van der Waals surface area (Å²) in [5.74, 6) is 0.132. The Kier molecular flexibility index (Phi) is 9.75. The van der Waals surface area contributed by atoms with Crippen LogP contribution in [0.1, 0.15) is 30.1 Å². The summed E-state index contributed by atoms with van der Waals surface area (Å²) >= 11 is 0. The van der Waals surface area contributed by atoms with Crippen LogP contribution < -0.4 is 21.0 Å². The standard InChI is InChI=1S/C22H24B.C17H14NO/c1-2-3-19-23(20-13-7-4-8-14-20,21-15-9-5-10-16-21)22-17-11-6-12-18-22;19-17(13-18-11-4-1-5-12-18)16-10-6-8-14-7-2-3-9-15(14)16/h4-18H,2-3,19H2,1H3;1-12H,13H2/q-1;+1. The maximum Gasteiger partial charge on any atom is 0.228 e. The van der Waals surface area contributed by atoms with Crippen molar-refractivity contribution in [2.45, 2.75) is 32.6 Å². The normalized spacial score (nSPS) is 11.0. The maximum atomic E-state index is 12.4. The Labute approximate surface area is 250 Å². The van der Waals surface area contributed by atoms with E-state index < -0.39 is 6.15 Å². The molecule has 0 fully saturated rings. The number of ketones is 1. The number of carbonyl (C=O) groups excluding carboxylic acids is 1. The number of hydrogen-bond acceptors (Lipinski definition) is 1. The van der Waals surface area contributed by atoms with Crippen LogP contribution in [0.2, 0.25) is 6.32 Å². The zero-order chi connectivity index (χ0) is 29.0. The van der Waals surface area contributed by atoms with Crippen molar-refractivity contribution >= 4 is 39.1 Å². The first-order valence-electron chi connectivity index (χ1n) is 15.0. The monoisotopic (exact) mass is 547 g/mol. The number of nitrogens with zero attached hydrogens (tertiary/aromatic N) is 1. The van der Waals surface area contributed by atoms with Crippen LogP contribution in [0, 0.1) is 0 Å². The highest BCUT2D eigenvalue weighted by Gasteiger charge is 2.28. The second-order valence-corrected chi connectivity index (χ2v) is 10.9. The van der Waals surface area contributed by atoms with Crippen LogP contribution in [0.5, 0.6) is 0 Å². The van der Waals surface area contributed by atoms with Crippen molar-refractivity contribution in [1.82, 2.24) is 0 Å². The molecule has 6 aromatic rings. The lowest BCUT2D eigenvalue weighted by Crippen LogP contribution is -2.66. The zero-order valence-corrected chi connectivity index (χ0v) is 24.3. The van der Waals surface area contributed by atoms with Gasteiger partial charge in [0, 0.05) is 17.7 Å². The fourth-order valence-electron chi connectivity index (χ4n) is 6.19. The molecule has 1 heterocycles. The second kappa shape index (κ2) is 14.2. The summed E-state index contributed by atoms with van der Waals surface area (Å²) in [6.45, 7) is 2.65. The minimum Gasteiger partial charge on any atom is -0.287 e. The van der Waals surface area contributed by atoms with Gasteiger partial charge in [0.1, 0.15) is 0 Å². The number of Topliss-reactive ketones (excluding diaryl/α,β-unsaturated/α-hetero) is 1. The number of fused-ring (bicyclic) bond motifs is 1. The van der Waals surface area contributed by atoms with Gasteiger partial charge in [-0.2, -0.15) is 27.3 Å². The molecule has 1 aromatic heterocycles. The van der Waals surface area contributed by atoms with Crippen molar-refractivity contribution in [2.24, 2.45) is 0 Å². The van der Waals surface area contributed by atoms with Gasteiger partial charge < -0.3 is 0 Å². The number of benzene rings is 5. The highest BCUT2D eigenvalue weighted by Crippen LogP contribution is 2.19. The number of hydrogen-bond donors (Lipinski definition) is 0. The predicted molar refractivity (Wildman–Crippen MR) is 179 cm³/mol. The van der Waals surface area contributed by atoms with E-state index in [9.17, 15) is 4.79 Å². The van der Waals surface area contributed by atoms with Crippen LogP contribution in [0.4, 0.5) is 0 Å². The van der Waals surface area contributed by atoms with Gasteiger partial charge in [-0.1, -0.05) is 159 Å². The third kappa shape index (κ3) is 6.58. The van der Waals surface area contributed by atoms with Crippen molar-refractivity contribution in [1.29, 1.82) is 0 Å². The van der Waals surface area contributed by atoms with Crippen molar-refractivity contribution in [3.63, 3.8) is 0 Å². The molecular formula is C39H38BNO. The Hall–Kier alpha value is -4.76. The molecule has 5 aromatic carbocycles. The summed E-state index contributed by atoms with van der Waals surface area (Å²) in [4.78, 5) is 12.4. The first-order chi connectivity index (χ1) is 20.7. The summed E-state index contributed by atoms with van der Waals surface area (Å²) in [6.07, 6.45) is 6.54. The fourth-order valence-corrected chi connectivity index (χ4v) is 6.19. The number of pyridine rings is 1. The van der Waals surface area contributed by atoms with Crippen LogP contribution >= 0.6 is 0 Å². The molecule has 0 aliphatic heterocycles. The average Bonchev–Trinajstić information content (AvgIpc) is 3.07. The Morgan fingerprint density at radius 2 is 1.05 bits per heavy atom. The van der Waals surface area contributed by atoms with Crippen LogP contribution in [0.15, 0.2) is 164 Å². The third-order valence-electron chi connectivity index (χ3n) is 8.29. The lowest BCUT2D eigenvalue weighted by atomic mass is 9.14. The molecule has 0 amide bonds. The highest BCUT2D eigenvalue weighted by atomic mass is 16.1. The molecule has 0 saturated heterocycles. The molecule has 0 N–H and O–H groups in total. The molecule has 0 aliphatic rings. The molecule has 0 unspecified atom stereocenters. The van der Waals surface area contributed by atoms with Gasteiger partial charge in [0.05, 0.1) is 6.15 Å². The smallest absolute Gasteiger partial charge is 0.228 e. The molecule has 0 atom stereocenters. The number of carbonyl (C=O) groups is 1. The van der Waals surface area contributed by atoms with E-state index in [1.165, 1.54) is 35.6 Å². The topological polar surface area (TPSA) is 20.9 Å². The molecule has 0 radical (unpaired) electrons. The molecular weight excluding hydrogens is 509 g/mol. The SMILES string of the molecule is CCCC[B-](c1ccccc1)(c1ccccc1)c1ccccc1.O=C(C[n+]1ccccc1)c1cccc2ccccc12. The van der Waals surface area contributed by atoms with Crippen molar-refractivity contribution < 1.29 is 9.36 Å². The molecule has 0 bridgehead atoms. The molecule has 6 rings (SSSR count). The molecule has 0 spiro atoms. The minimum absolute atomic E-state index is 0.132. The second-order valence-electron chi connectivity index (χ2n) is 10.9. The summed E-state index contributed by atoms with van der Waals surface area (Å²) in [5, 5.41) is 2.12. The van der Waals surface area contributed by atoms with Gasteiger partial charge in [-0.15, -0.1) is 0 Å². The summed E-state index contributed by atoms with van der Waals surface area (Å²) in [5.41, 5.74) is 5.12. The quantitative estimate of drug-likeness (QED) is 0.109. The molecule has 2 nitrogen and oxygen atoms in total. The maximum absolute atomic E-state index is 12.4. The molecule has 208 valence electrons. The fraction of sp³-hybridized carbons (Fsp3) is 0.128. The number of aromatic nitrogens is 1. The number of rotatable bonds is 9.